The summed E-state index contributed by atoms with van der Waals surface area (Å²) in [6, 6.07) is 5.71. The molecule has 0 atom stereocenters. The SMILES string of the molecule is CC(C)(C)OC(=O)NCc1nc2cc(NC(=O)CC34CC5CC(CC(C5)C3)C4)ccc2[nH]1. The van der Waals surface area contributed by atoms with Crippen molar-refractivity contribution in [1.29, 1.82) is 0 Å². The summed E-state index contributed by atoms with van der Waals surface area (Å²) in [4.78, 5) is 32.5. The summed E-state index contributed by atoms with van der Waals surface area (Å²) < 4.78 is 5.26. The fourth-order valence-electron chi connectivity index (χ4n) is 6.74. The fourth-order valence-corrected chi connectivity index (χ4v) is 6.74. The van der Waals surface area contributed by atoms with Crippen LogP contribution in [-0.2, 0) is 16.1 Å². The quantitative estimate of drug-likeness (QED) is 0.603. The molecule has 7 nitrogen and oxygen atoms in total. The van der Waals surface area contributed by atoms with Gasteiger partial charge < -0.3 is 20.4 Å². The minimum atomic E-state index is -0.540. The topological polar surface area (TPSA) is 96.1 Å². The number of hydrogen-bond acceptors (Lipinski definition) is 4. The van der Waals surface area contributed by atoms with E-state index in [0.29, 0.717) is 12.2 Å². The van der Waals surface area contributed by atoms with E-state index in [1.165, 1.54) is 38.5 Å². The van der Waals surface area contributed by atoms with Crippen molar-refractivity contribution in [3.8, 4) is 0 Å². The summed E-state index contributed by atoms with van der Waals surface area (Å²) in [5.41, 5.74) is 2.09. The molecule has 3 N–H and O–H groups in total. The second kappa shape index (κ2) is 7.78. The van der Waals surface area contributed by atoms with E-state index in [1.807, 2.05) is 39.0 Å². The number of rotatable bonds is 5. The zero-order valence-electron chi connectivity index (χ0n) is 19.3. The monoisotopic (exact) mass is 438 g/mol. The maximum atomic E-state index is 12.9. The number of carbonyl (C=O) groups excluding carboxylic acids is 2. The second-order valence-electron chi connectivity index (χ2n) is 11.4. The number of anilines is 1. The number of nitrogens with one attached hydrogen (secondary N) is 3. The van der Waals surface area contributed by atoms with E-state index in [-0.39, 0.29) is 17.9 Å². The first-order chi connectivity index (χ1) is 15.1. The zero-order chi connectivity index (χ0) is 22.5. The lowest BCUT2D eigenvalue weighted by atomic mass is 9.49. The van der Waals surface area contributed by atoms with Crippen molar-refractivity contribution in [2.24, 2.45) is 23.2 Å². The number of H-pyrrole nitrogens is 1. The number of amides is 2. The van der Waals surface area contributed by atoms with E-state index >= 15 is 0 Å². The van der Waals surface area contributed by atoms with Crippen molar-refractivity contribution < 1.29 is 14.3 Å². The average molecular weight is 439 g/mol. The normalized spacial score (nSPS) is 28.7. The molecule has 1 aromatic heterocycles. The van der Waals surface area contributed by atoms with Gasteiger partial charge in [-0.25, -0.2) is 9.78 Å². The molecule has 2 amide bonds. The van der Waals surface area contributed by atoms with Gasteiger partial charge in [-0.3, -0.25) is 4.79 Å². The van der Waals surface area contributed by atoms with Gasteiger partial charge in [0.15, 0.2) is 0 Å². The number of hydrogen-bond donors (Lipinski definition) is 3. The summed E-state index contributed by atoms with van der Waals surface area (Å²) in [6.07, 6.45) is 8.04. The summed E-state index contributed by atoms with van der Waals surface area (Å²) in [5.74, 6) is 3.31. The van der Waals surface area contributed by atoms with Gasteiger partial charge in [-0.15, -0.1) is 0 Å². The summed E-state index contributed by atoms with van der Waals surface area (Å²) in [5, 5.41) is 5.82. The van der Waals surface area contributed by atoms with Crippen LogP contribution < -0.4 is 10.6 Å². The molecule has 32 heavy (non-hydrogen) atoms. The molecule has 1 heterocycles. The predicted octanol–water partition coefficient (Wildman–Crippen LogP) is 5.13. The highest BCUT2D eigenvalue weighted by Gasteiger charge is 2.51. The largest absolute Gasteiger partial charge is 0.444 e. The second-order valence-corrected chi connectivity index (χ2v) is 11.4. The highest BCUT2D eigenvalue weighted by Crippen LogP contribution is 2.61. The van der Waals surface area contributed by atoms with Crippen LogP contribution in [0, 0.1) is 23.2 Å². The first-order valence-corrected chi connectivity index (χ1v) is 11.9. The Bertz CT molecular complexity index is 1000. The Morgan fingerprint density at radius 3 is 2.41 bits per heavy atom. The Labute approximate surface area is 189 Å². The van der Waals surface area contributed by atoms with Gasteiger partial charge in [0.1, 0.15) is 11.4 Å². The molecule has 0 radical (unpaired) electrons. The number of ether oxygens (including phenoxy) is 1. The van der Waals surface area contributed by atoms with E-state index in [9.17, 15) is 9.59 Å². The van der Waals surface area contributed by atoms with Crippen molar-refractivity contribution in [2.75, 3.05) is 5.32 Å². The molecule has 4 bridgehead atoms. The number of imidazole rings is 1. The van der Waals surface area contributed by atoms with Crippen LogP contribution in [0.1, 0.15) is 71.5 Å². The minimum absolute atomic E-state index is 0.119. The third-order valence-electron chi connectivity index (χ3n) is 7.32. The molecule has 0 unspecified atom stereocenters. The molecule has 6 rings (SSSR count). The predicted molar refractivity (Wildman–Crippen MR) is 123 cm³/mol. The van der Waals surface area contributed by atoms with Crippen molar-refractivity contribution >= 4 is 28.7 Å². The van der Waals surface area contributed by atoms with Crippen molar-refractivity contribution in [3.05, 3.63) is 24.0 Å². The number of nitrogens with zero attached hydrogens (tertiary/aromatic N) is 1. The van der Waals surface area contributed by atoms with Crippen LogP contribution in [0.4, 0.5) is 10.5 Å². The number of carbonyl (C=O) groups is 2. The molecule has 4 aliphatic carbocycles. The fraction of sp³-hybridized carbons (Fsp3) is 0.640. The first kappa shape index (κ1) is 21.3. The molecular weight excluding hydrogens is 404 g/mol. The number of aromatic amines is 1. The smallest absolute Gasteiger partial charge is 0.408 e. The van der Waals surface area contributed by atoms with Crippen molar-refractivity contribution in [1.82, 2.24) is 15.3 Å². The van der Waals surface area contributed by atoms with Crippen LogP contribution in [0.15, 0.2) is 18.2 Å². The maximum absolute atomic E-state index is 12.9. The summed E-state index contributed by atoms with van der Waals surface area (Å²) in [6.45, 7) is 5.73. The lowest BCUT2D eigenvalue weighted by Gasteiger charge is -2.56. The van der Waals surface area contributed by atoms with E-state index in [0.717, 1.165) is 34.5 Å². The number of fused-ring (bicyclic) bond motifs is 1. The van der Waals surface area contributed by atoms with Crippen LogP contribution in [-0.4, -0.2) is 27.6 Å². The van der Waals surface area contributed by atoms with Crippen molar-refractivity contribution in [3.63, 3.8) is 0 Å². The Hall–Kier alpha value is -2.57. The Morgan fingerprint density at radius 1 is 1.12 bits per heavy atom. The third-order valence-corrected chi connectivity index (χ3v) is 7.32. The van der Waals surface area contributed by atoms with Gasteiger partial charge in [-0.1, -0.05) is 0 Å². The van der Waals surface area contributed by atoms with E-state index < -0.39 is 11.7 Å². The van der Waals surface area contributed by atoms with Gasteiger partial charge in [-0.05, 0) is 101 Å². The van der Waals surface area contributed by atoms with Gasteiger partial charge in [-0.2, -0.15) is 0 Å². The molecule has 0 aliphatic heterocycles. The highest BCUT2D eigenvalue weighted by atomic mass is 16.6. The number of aromatic nitrogens is 2. The molecule has 4 aliphatic rings. The van der Waals surface area contributed by atoms with Gasteiger partial charge >= 0.3 is 6.09 Å². The molecular formula is C25H34N4O3. The van der Waals surface area contributed by atoms with Crippen LogP contribution in [0.2, 0.25) is 0 Å². The Kier molecular flexibility index (Phi) is 5.18. The third kappa shape index (κ3) is 4.62. The highest BCUT2D eigenvalue weighted by molar-refractivity contribution is 5.93. The lowest BCUT2D eigenvalue weighted by molar-refractivity contribution is -0.124. The van der Waals surface area contributed by atoms with E-state index in [2.05, 4.69) is 20.6 Å². The van der Waals surface area contributed by atoms with E-state index in [4.69, 9.17) is 4.74 Å². The molecule has 172 valence electrons. The molecule has 4 saturated carbocycles. The molecule has 1 aromatic carbocycles. The average Bonchev–Trinajstić information content (AvgIpc) is 3.05. The van der Waals surface area contributed by atoms with Gasteiger partial charge in [0.05, 0.1) is 17.6 Å². The molecule has 0 spiro atoms. The van der Waals surface area contributed by atoms with Crippen LogP contribution in [0.5, 0.6) is 0 Å². The van der Waals surface area contributed by atoms with Gasteiger partial charge in [0.25, 0.3) is 0 Å². The van der Waals surface area contributed by atoms with Crippen LogP contribution in [0.25, 0.3) is 11.0 Å². The number of benzene rings is 1. The standard InChI is InChI=1S/C25H34N4O3/c1-24(2,3)32-23(31)26-14-21-28-19-5-4-18(9-20(19)29-21)27-22(30)13-25-10-15-6-16(11-25)8-17(7-15)12-25/h4-5,9,15-17H,6-8,10-14H2,1-3H3,(H,26,31)(H,27,30)(H,28,29). The zero-order valence-corrected chi connectivity index (χ0v) is 19.3. The molecule has 4 fully saturated rings. The van der Waals surface area contributed by atoms with Crippen LogP contribution in [0.3, 0.4) is 0 Å². The Balaban J connectivity index is 1.20. The first-order valence-electron chi connectivity index (χ1n) is 11.9. The van der Waals surface area contributed by atoms with Gasteiger partial charge in [0.2, 0.25) is 5.91 Å². The van der Waals surface area contributed by atoms with Gasteiger partial charge in [0, 0.05) is 12.1 Å². The lowest BCUT2D eigenvalue weighted by Crippen LogP contribution is -2.47. The maximum Gasteiger partial charge on any atom is 0.408 e. The van der Waals surface area contributed by atoms with Crippen molar-refractivity contribution in [2.45, 2.75) is 77.9 Å². The van der Waals surface area contributed by atoms with E-state index in [1.54, 1.807) is 0 Å². The van der Waals surface area contributed by atoms with Crippen LogP contribution >= 0.6 is 0 Å². The Morgan fingerprint density at radius 2 is 1.78 bits per heavy atom. The minimum Gasteiger partial charge on any atom is -0.444 e. The molecule has 0 saturated heterocycles. The molecule has 2 aromatic rings. The summed E-state index contributed by atoms with van der Waals surface area (Å²) >= 11 is 0. The summed E-state index contributed by atoms with van der Waals surface area (Å²) in [7, 11) is 0. The molecule has 7 heteroatoms. The number of alkyl carbamates (subject to hydrolysis) is 1.